The summed E-state index contributed by atoms with van der Waals surface area (Å²) in [7, 11) is 0. The van der Waals surface area contributed by atoms with E-state index in [9.17, 15) is 0 Å². The van der Waals surface area contributed by atoms with Crippen molar-refractivity contribution in [3.63, 3.8) is 0 Å². The lowest BCUT2D eigenvalue weighted by molar-refractivity contribution is 0.229. The minimum Gasteiger partial charge on any atom is -0.490 e. The molecule has 0 amide bonds. The molecule has 128 valence electrons. The van der Waals surface area contributed by atoms with E-state index in [0.29, 0.717) is 24.9 Å². The van der Waals surface area contributed by atoms with Gasteiger partial charge in [-0.2, -0.15) is 4.98 Å². The molecule has 4 rings (SSSR count). The van der Waals surface area contributed by atoms with Gasteiger partial charge < -0.3 is 19.7 Å². The molecule has 0 atom stereocenters. The highest BCUT2D eigenvalue weighted by Crippen LogP contribution is 2.39. The number of nitrogens with zero attached hydrogens (tertiary/aromatic N) is 2. The third-order valence-electron chi connectivity index (χ3n) is 4.40. The van der Waals surface area contributed by atoms with Crippen molar-refractivity contribution < 1.29 is 14.0 Å². The number of ether oxygens (including phenoxy) is 2. The van der Waals surface area contributed by atoms with Gasteiger partial charge in [0, 0.05) is 5.56 Å². The van der Waals surface area contributed by atoms with Gasteiger partial charge in [0.1, 0.15) is 6.61 Å². The van der Waals surface area contributed by atoms with Crippen LogP contribution in [-0.2, 0) is 5.54 Å². The minimum atomic E-state index is -0.419. The van der Waals surface area contributed by atoms with Crippen molar-refractivity contribution in [2.75, 3.05) is 13.2 Å². The highest BCUT2D eigenvalue weighted by molar-refractivity contribution is 5.85. The Bertz CT molecular complexity index is 768. The molecule has 6 nitrogen and oxygen atoms in total. The largest absolute Gasteiger partial charge is 0.490 e. The van der Waals surface area contributed by atoms with E-state index in [-0.39, 0.29) is 12.4 Å². The molecule has 0 bridgehead atoms. The molecular formula is C17H20ClN3O3. The fourth-order valence-corrected chi connectivity index (χ4v) is 2.91. The van der Waals surface area contributed by atoms with Gasteiger partial charge in [-0.25, -0.2) is 0 Å². The maximum absolute atomic E-state index is 6.24. The van der Waals surface area contributed by atoms with Crippen LogP contribution in [0.2, 0.25) is 0 Å². The third kappa shape index (κ3) is 2.76. The first-order valence-electron chi connectivity index (χ1n) is 7.92. The van der Waals surface area contributed by atoms with Crippen LogP contribution >= 0.6 is 12.4 Å². The fourth-order valence-electron chi connectivity index (χ4n) is 2.91. The molecule has 0 unspecified atom stereocenters. The van der Waals surface area contributed by atoms with E-state index in [4.69, 9.17) is 19.7 Å². The molecule has 2 heterocycles. The minimum absolute atomic E-state index is 0. The quantitative estimate of drug-likeness (QED) is 0.912. The van der Waals surface area contributed by atoms with Crippen LogP contribution < -0.4 is 15.2 Å². The summed E-state index contributed by atoms with van der Waals surface area (Å²) < 4.78 is 16.8. The zero-order valence-electron chi connectivity index (χ0n) is 13.4. The fraction of sp³-hybridized carbons (Fsp3) is 0.412. The predicted octanol–water partition coefficient (Wildman–Crippen LogP) is 3.16. The zero-order valence-corrected chi connectivity index (χ0v) is 14.3. The maximum Gasteiger partial charge on any atom is 0.257 e. The summed E-state index contributed by atoms with van der Waals surface area (Å²) in [4.78, 5) is 4.48. The molecule has 24 heavy (non-hydrogen) atoms. The molecule has 1 aliphatic carbocycles. The second-order valence-corrected chi connectivity index (χ2v) is 6.00. The maximum atomic E-state index is 6.24. The van der Waals surface area contributed by atoms with Crippen LogP contribution in [0.3, 0.4) is 0 Å². The average molecular weight is 350 g/mol. The summed E-state index contributed by atoms with van der Waals surface area (Å²) in [6.45, 7) is 2.92. The summed E-state index contributed by atoms with van der Waals surface area (Å²) in [5.74, 6) is 2.58. The molecular weight excluding hydrogens is 330 g/mol. The molecule has 1 aromatic carbocycles. The molecule has 1 fully saturated rings. The third-order valence-corrected chi connectivity index (χ3v) is 4.40. The number of hydrogen-bond acceptors (Lipinski definition) is 6. The lowest BCUT2D eigenvalue weighted by Crippen LogP contribution is -2.44. The van der Waals surface area contributed by atoms with Crippen LogP contribution in [0.15, 0.2) is 22.7 Å². The normalized spacial score (nSPS) is 17.7. The predicted molar refractivity (Wildman–Crippen MR) is 92.2 cm³/mol. The highest BCUT2D eigenvalue weighted by Gasteiger charge is 2.39. The monoisotopic (exact) mass is 349 g/mol. The van der Waals surface area contributed by atoms with Crippen LogP contribution in [-0.4, -0.2) is 23.4 Å². The van der Waals surface area contributed by atoms with Gasteiger partial charge in [-0.15, -0.1) is 12.4 Å². The van der Waals surface area contributed by atoms with Crippen LogP contribution in [0, 0.1) is 0 Å². The summed E-state index contributed by atoms with van der Waals surface area (Å²) >= 11 is 0. The number of rotatable bonds is 4. The van der Waals surface area contributed by atoms with Crippen molar-refractivity contribution in [3.8, 4) is 11.5 Å². The lowest BCUT2D eigenvalue weighted by atomic mass is 9.77. The smallest absolute Gasteiger partial charge is 0.257 e. The van der Waals surface area contributed by atoms with E-state index in [1.54, 1.807) is 0 Å². The van der Waals surface area contributed by atoms with Crippen LogP contribution in [0.25, 0.3) is 11.6 Å². The molecule has 2 aromatic rings. The van der Waals surface area contributed by atoms with E-state index in [1.165, 1.54) is 0 Å². The van der Waals surface area contributed by atoms with Crippen molar-refractivity contribution in [3.05, 3.63) is 35.5 Å². The molecule has 0 spiro atoms. The number of benzene rings is 1. The SMILES string of the molecule is CCOc1cccc2c1OCC(c1nc(C3(N)CCC3)no1)=C2.Cl. The first-order valence-corrected chi connectivity index (χ1v) is 7.92. The second kappa shape index (κ2) is 6.45. The Kier molecular flexibility index (Phi) is 4.51. The van der Waals surface area contributed by atoms with Crippen molar-refractivity contribution in [2.45, 2.75) is 31.7 Å². The van der Waals surface area contributed by atoms with Gasteiger partial charge in [-0.1, -0.05) is 17.3 Å². The van der Waals surface area contributed by atoms with Gasteiger partial charge >= 0.3 is 0 Å². The van der Waals surface area contributed by atoms with Crippen molar-refractivity contribution in [2.24, 2.45) is 5.73 Å². The Balaban J connectivity index is 0.00000169. The number of para-hydroxylation sites is 1. The van der Waals surface area contributed by atoms with Gasteiger partial charge in [-0.3, -0.25) is 0 Å². The first kappa shape index (κ1) is 16.8. The molecule has 7 heteroatoms. The van der Waals surface area contributed by atoms with Crippen LogP contribution in [0.4, 0.5) is 0 Å². The Labute approximate surface area is 146 Å². The first-order chi connectivity index (χ1) is 11.2. The summed E-state index contributed by atoms with van der Waals surface area (Å²) in [6, 6.07) is 5.82. The number of fused-ring (bicyclic) bond motifs is 1. The number of hydrogen-bond donors (Lipinski definition) is 1. The standard InChI is InChI=1S/C17H19N3O3.ClH/c1-2-21-13-6-3-5-11-9-12(10-22-14(11)13)15-19-16(20-23-15)17(18)7-4-8-17;/h3,5-6,9H,2,4,7-8,10,18H2,1H3;1H. The van der Waals surface area contributed by atoms with E-state index in [0.717, 1.165) is 41.9 Å². The molecule has 1 aromatic heterocycles. The van der Waals surface area contributed by atoms with Gasteiger partial charge in [0.05, 0.1) is 17.7 Å². The molecule has 1 aliphatic heterocycles. The summed E-state index contributed by atoms with van der Waals surface area (Å²) in [6.07, 6.45) is 4.92. The average Bonchev–Trinajstić information content (AvgIpc) is 3.03. The Morgan fingerprint density at radius 3 is 2.88 bits per heavy atom. The summed E-state index contributed by atoms with van der Waals surface area (Å²) in [5, 5.41) is 4.06. The van der Waals surface area contributed by atoms with E-state index in [2.05, 4.69) is 10.1 Å². The second-order valence-electron chi connectivity index (χ2n) is 6.00. The van der Waals surface area contributed by atoms with Crippen LogP contribution in [0.1, 0.15) is 43.5 Å². The van der Waals surface area contributed by atoms with E-state index < -0.39 is 5.54 Å². The van der Waals surface area contributed by atoms with Crippen molar-refractivity contribution in [1.29, 1.82) is 0 Å². The van der Waals surface area contributed by atoms with Crippen molar-refractivity contribution in [1.82, 2.24) is 10.1 Å². The molecule has 2 aliphatic rings. The number of nitrogens with two attached hydrogens (primary N) is 1. The van der Waals surface area contributed by atoms with Gasteiger partial charge in [-0.05, 0) is 38.3 Å². The van der Waals surface area contributed by atoms with Crippen molar-refractivity contribution >= 4 is 24.1 Å². The molecule has 1 saturated carbocycles. The lowest BCUT2D eigenvalue weighted by Gasteiger charge is -2.34. The van der Waals surface area contributed by atoms with E-state index >= 15 is 0 Å². The van der Waals surface area contributed by atoms with Crippen LogP contribution in [0.5, 0.6) is 11.5 Å². The molecule has 0 saturated heterocycles. The Morgan fingerprint density at radius 1 is 1.33 bits per heavy atom. The Hall–Kier alpha value is -2.05. The zero-order chi connectivity index (χ0) is 15.9. The van der Waals surface area contributed by atoms with Gasteiger partial charge in [0.2, 0.25) is 0 Å². The summed E-state index contributed by atoms with van der Waals surface area (Å²) in [5.41, 5.74) is 7.63. The number of halogens is 1. The highest BCUT2D eigenvalue weighted by atomic mass is 35.5. The van der Waals surface area contributed by atoms with Gasteiger partial charge in [0.15, 0.2) is 17.3 Å². The topological polar surface area (TPSA) is 83.4 Å². The van der Waals surface area contributed by atoms with Gasteiger partial charge in [0.25, 0.3) is 5.89 Å². The molecule has 2 N–H and O–H groups in total. The molecule has 0 radical (unpaired) electrons. The Morgan fingerprint density at radius 2 is 2.17 bits per heavy atom. The number of aromatic nitrogens is 2. The van der Waals surface area contributed by atoms with E-state index in [1.807, 2.05) is 31.2 Å².